The second-order valence-electron chi connectivity index (χ2n) is 5.34. The zero-order chi connectivity index (χ0) is 14.5. The number of fused-ring (bicyclic) bond motifs is 1. The third-order valence-electron chi connectivity index (χ3n) is 4.28. The van der Waals surface area contributed by atoms with Crippen molar-refractivity contribution in [2.75, 3.05) is 6.54 Å². The maximum absolute atomic E-state index is 11.5. The van der Waals surface area contributed by atoms with Crippen molar-refractivity contribution in [3.8, 4) is 0 Å². The lowest BCUT2D eigenvalue weighted by atomic mass is 9.78. The molecule has 0 aromatic heterocycles. The molecule has 1 saturated carbocycles. The molecule has 0 amide bonds. The fourth-order valence-corrected chi connectivity index (χ4v) is 6.19. The van der Waals surface area contributed by atoms with Gasteiger partial charge in [-0.3, -0.25) is 9.13 Å². The molecular weight excluding hydrogens is 296 g/mol. The largest absolute Gasteiger partial charge is 0.369 e. The Labute approximate surface area is 110 Å². The number of hydrogen-bond acceptors (Lipinski definition) is 4. The molecule has 10 heteroatoms. The van der Waals surface area contributed by atoms with Crippen molar-refractivity contribution in [2.24, 2.45) is 11.8 Å². The van der Waals surface area contributed by atoms with Crippen LogP contribution in [0, 0.1) is 11.8 Å². The first-order valence-corrected chi connectivity index (χ1v) is 9.38. The van der Waals surface area contributed by atoms with Crippen LogP contribution >= 0.6 is 15.2 Å². The molecule has 1 aliphatic carbocycles. The van der Waals surface area contributed by atoms with Crippen LogP contribution in [0.2, 0.25) is 0 Å². The monoisotopic (exact) mass is 315 g/mol. The van der Waals surface area contributed by atoms with Crippen LogP contribution in [-0.2, 0) is 9.13 Å². The highest BCUT2D eigenvalue weighted by Gasteiger charge is 2.66. The summed E-state index contributed by atoms with van der Waals surface area (Å²) in [5, 5.41) is 9.91. The summed E-state index contributed by atoms with van der Waals surface area (Å²) < 4.78 is 23.0. The van der Waals surface area contributed by atoms with Crippen LogP contribution in [-0.4, -0.2) is 42.3 Å². The summed E-state index contributed by atoms with van der Waals surface area (Å²) in [6, 6.07) is -0.459. The Hall–Kier alpha value is 0.220. The minimum atomic E-state index is -5.37. The molecule has 3 atom stereocenters. The molecule has 2 fully saturated rings. The van der Waals surface area contributed by atoms with E-state index in [2.05, 4.69) is 5.32 Å². The first kappa shape index (κ1) is 15.6. The van der Waals surface area contributed by atoms with Crippen LogP contribution < -0.4 is 5.32 Å². The second-order valence-corrected chi connectivity index (χ2v) is 9.23. The van der Waals surface area contributed by atoms with Crippen LogP contribution in [0.25, 0.3) is 0 Å². The van der Waals surface area contributed by atoms with Crippen molar-refractivity contribution in [1.29, 1.82) is 0 Å². The molecular formula is C9H19NO7P2. The van der Waals surface area contributed by atoms with Crippen molar-refractivity contribution in [3.63, 3.8) is 0 Å². The zero-order valence-corrected chi connectivity index (χ0v) is 12.0. The lowest BCUT2D eigenvalue weighted by Crippen LogP contribution is -2.51. The normalized spacial score (nSPS) is 33.2. The minimum Gasteiger partial charge on any atom is -0.367 e. The summed E-state index contributed by atoms with van der Waals surface area (Å²) in [4.78, 5) is 37.1. The maximum Gasteiger partial charge on any atom is 0.369 e. The number of aliphatic hydroxyl groups is 1. The molecule has 6 N–H and O–H groups in total. The minimum absolute atomic E-state index is 0.100. The molecule has 0 aromatic carbocycles. The van der Waals surface area contributed by atoms with Gasteiger partial charge in [0.1, 0.15) is 0 Å². The van der Waals surface area contributed by atoms with Gasteiger partial charge in [-0.05, 0) is 31.7 Å². The van der Waals surface area contributed by atoms with Crippen molar-refractivity contribution < 1.29 is 33.8 Å². The molecule has 19 heavy (non-hydrogen) atoms. The second kappa shape index (κ2) is 4.90. The number of rotatable bonds is 3. The SMILES string of the molecule is O=P(O)(O)C(O)(C1CCCC2CCNC21)P(=O)(O)O. The van der Waals surface area contributed by atoms with Gasteiger partial charge >= 0.3 is 15.2 Å². The fourth-order valence-electron chi connectivity index (χ4n) is 3.39. The number of nitrogens with one attached hydrogen (secondary N) is 1. The molecule has 1 heterocycles. The van der Waals surface area contributed by atoms with E-state index in [9.17, 15) is 33.8 Å². The van der Waals surface area contributed by atoms with Crippen LogP contribution in [0.5, 0.6) is 0 Å². The zero-order valence-electron chi connectivity index (χ0n) is 10.2. The van der Waals surface area contributed by atoms with Crippen molar-refractivity contribution in [3.05, 3.63) is 0 Å². The Morgan fingerprint density at radius 1 is 1.00 bits per heavy atom. The van der Waals surface area contributed by atoms with Crippen LogP contribution in [0.3, 0.4) is 0 Å². The molecule has 8 nitrogen and oxygen atoms in total. The topological polar surface area (TPSA) is 147 Å². The standard InChI is InChI=1S/C9H19NO7P2/c11-9(18(12,13)14,19(15,16)17)7-3-1-2-6-4-5-10-8(6)7/h6-8,10-11H,1-5H2,(H2,12,13,14)(H2,15,16,17). The van der Waals surface area contributed by atoms with Gasteiger partial charge in [0.15, 0.2) is 0 Å². The molecule has 2 aliphatic rings. The first-order valence-electron chi connectivity index (χ1n) is 6.16. The highest BCUT2D eigenvalue weighted by molar-refractivity contribution is 7.72. The van der Waals surface area contributed by atoms with E-state index in [-0.39, 0.29) is 12.3 Å². The number of hydrogen-bond donors (Lipinski definition) is 6. The lowest BCUT2D eigenvalue weighted by molar-refractivity contribution is 0.0361. The third-order valence-corrected chi connectivity index (χ3v) is 8.22. The van der Waals surface area contributed by atoms with E-state index in [1.807, 2.05) is 0 Å². The average Bonchev–Trinajstić information content (AvgIpc) is 2.72. The van der Waals surface area contributed by atoms with E-state index in [0.717, 1.165) is 12.8 Å². The van der Waals surface area contributed by atoms with Crippen LogP contribution in [0.4, 0.5) is 0 Å². The Morgan fingerprint density at radius 3 is 2.11 bits per heavy atom. The van der Waals surface area contributed by atoms with Crippen LogP contribution in [0.15, 0.2) is 0 Å². The summed E-state index contributed by atoms with van der Waals surface area (Å²) in [5.41, 5.74) is 0. The third kappa shape index (κ3) is 2.45. The summed E-state index contributed by atoms with van der Waals surface area (Å²) in [7, 11) is -10.7. The molecule has 0 spiro atoms. The van der Waals surface area contributed by atoms with Gasteiger partial charge in [-0.2, -0.15) is 0 Å². The van der Waals surface area contributed by atoms with Crippen molar-refractivity contribution in [2.45, 2.75) is 36.8 Å². The van der Waals surface area contributed by atoms with E-state index < -0.39 is 32.2 Å². The van der Waals surface area contributed by atoms with Crippen molar-refractivity contribution >= 4 is 15.2 Å². The van der Waals surface area contributed by atoms with E-state index in [4.69, 9.17) is 0 Å². The quantitative estimate of drug-likeness (QED) is 0.391. The molecule has 0 aromatic rings. The van der Waals surface area contributed by atoms with Gasteiger partial charge in [0.05, 0.1) is 0 Å². The summed E-state index contributed by atoms with van der Waals surface area (Å²) >= 11 is 0. The summed E-state index contributed by atoms with van der Waals surface area (Å²) in [5.74, 6) is -1.04. The molecule has 0 bridgehead atoms. The molecule has 112 valence electrons. The van der Waals surface area contributed by atoms with Gasteiger partial charge in [-0.25, -0.2) is 0 Å². The Balaban J connectivity index is 2.44. The van der Waals surface area contributed by atoms with E-state index in [0.29, 0.717) is 13.0 Å². The lowest BCUT2D eigenvalue weighted by Gasteiger charge is -2.43. The molecule has 1 saturated heterocycles. The average molecular weight is 315 g/mol. The van der Waals surface area contributed by atoms with E-state index >= 15 is 0 Å². The molecule has 3 unspecified atom stereocenters. The van der Waals surface area contributed by atoms with Crippen molar-refractivity contribution in [1.82, 2.24) is 5.32 Å². The fraction of sp³-hybridized carbons (Fsp3) is 1.00. The highest BCUT2D eigenvalue weighted by atomic mass is 31.2. The first-order chi connectivity index (χ1) is 8.59. The maximum atomic E-state index is 11.5. The predicted molar refractivity (Wildman–Crippen MR) is 66.3 cm³/mol. The molecule has 2 rings (SSSR count). The van der Waals surface area contributed by atoms with Gasteiger partial charge in [0, 0.05) is 12.0 Å². The van der Waals surface area contributed by atoms with Gasteiger partial charge < -0.3 is 30.0 Å². The summed E-state index contributed by atoms with van der Waals surface area (Å²) in [6.07, 6.45) is 2.41. The van der Waals surface area contributed by atoms with Gasteiger partial charge in [-0.15, -0.1) is 0 Å². The predicted octanol–water partition coefficient (Wildman–Crippen LogP) is -0.234. The molecule has 1 aliphatic heterocycles. The van der Waals surface area contributed by atoms with Gasteiger partial charge in [0.25, 0.3) is 5.08 Å². The Kier molecular flexibility index (Phi) is 4.02. The van der Waals surface area contributed by atoms with E-state index in [1.165, 1.54) is 0 Å². The summed E-state index contributed by atoms with van der Waals surface area (Å²) in [6.45, 7) is 0.629. The van der Waals surface area contributed by atoms with E-state index in [1.54, 1.807) is 0 Å². The Morgan fingerprint density at radius 2 is 1.58 bits per heavy atom. The van der Waals surface area contributed by atoms with Crippen LogP contribution in [0.1, 0.15) is 25.7 Å². The smallest absolute Gasteiger partial charge is 0.367 e. The highest BCUT2D eigenvalue weighted by Crippen LogP contribution is 2.72. The van der Waals surface area contributed by atoms with Gasteiger partial charge in [0.2, 0.25) is 0 Å². The van der Waals surface area contributed by atoms with Gasteiger partial charge in [-0.1, -0.05) is 6.42 Å². The molecule has 0 radical (unpaired) electrons. The Bertz CT molecular complexity index is 422.